The summed E-state index contributed by atoms with van der Waals surface area (Å²) in [6.45, 7) is 0.802. The smallest absolute Gasteiger partial charge is 0.303 e. The van der Waals surface area contributed by atoms with Crippen molar-refractivity contribution in [3.8, 4) is 5.75 Å². The molecule has 0 saturated carbocycles. The van der Waals surface area contributed by atoms with E-state index in [1.54, 1.807) is 0 Å². The van der Waals surface area contributed by atoms with Gasteiger partial charge in [-0.25, -0.2) is 0 Å². The van der Waals surface area contributed by atoms with Crippen LogP contribution in [0.1, 0.15) is 70.6 Å². The van der Waals surface area contributed by atoms with E-state index in [0.29, 0.717) is 6.42 Å². The number of hydrogen-bond acceptors (Lipinski definition) is 2. The standard InChI is InChI=1S/C19H27I3O3/c20-15-13-16(21)19(17(22)14-15)25-12-10-8-6-4-2-1-3-5-7-9-11-18(23)24/h13-14H,1-12H2,(H,23,24). The van der Waals surface area contributed by atoms with Gasteiger partial charge >= 0.3 is 5.97 Å². The number of benzene rings is 1. The first-order valence-electron chi connectivity index (χ1n) is 9.00. The summed E-state index contributed by atoms with van der Waals surface area (Å²) in [5.41, 5.74) is 0. The predicted octanol–water partition coefficient (Wildman–Crippen LogP) is 7.25. The molecular formula is C19H27I3O3. The number of carboxylic acid groups (broad SMARTS) is 1. The third-order valence-corrected chi connectivity index (χ3v) is 6.22. The molecule has 25 heavy (non-hydrogen) atoms. The summed E-state index contributed by atoms with van der Waals surface area (Å²) in [5, 5.41) is 8.57. The second-order valence-electron chi connectivity index (χ2n) is 6.23. The topological polar surface area (TPSA) is 46.5 Å². The van der Waals surface area contributed by atoms with E-state index in [4.69, 9.17) is 9.84 Å². The Balaban J connectivity index is 1.93. The van der Waals surface area contributed by atoms with Crippen molar-refractivity contribution in [3.63, 3.8) is 0 Å². The SMILES string of the molecule is O=C(O)CCCCCCCCCCCCOc1c(I)cc(I)cc1I. The van der Waals surface area contributed by atoms with E-state index in [-0.39, 0.29) is 0 Å². The minimum atomic E-state index is -0.671. The third kappa shape index (κ3) is 11.9. The van der Waals surface area contributed by atoms with Crippen LogP contribution in [-0.4, -0.2) is 17.7 Å². The zero-order chi connectivity index (χ0) is 18.5. The Morgan fingerprint density at radius 3 is 1.72 bits per heavy atom. The van der Waals surface area contributed by atoms with Gasteiger partial charge in [-0.05, 0) is 92.7 Å². The van der Waals surface area contributed by atoms with Crippen molar-refractivity contribution in [2.24, 2.45) is 0 Å². The molecule has 0 aromatic heterocycles. The van der Waals surface area contributed by atoms with E-state index in [9.17, 15) is 4.79 Å². The maximum atomic E-state index is 10.4. The molecule has 0 unspecified atom stereocenters. The Morgan fingerprint density at radius 1 is 0.800 bits per heavy atom. The zero-order valence-corrected chi connectivity index (χ0v) is 21.0. The maximum Gasteiger partial charge on any atom is 0.303 e. The van der Waals surface area contributed by atoms with Gasteiger partial charge < -0.3 is 9.84 Å². The quantitative estimate of drug-likeness (QED) is 0.166. The number of carboxylic acids is 1. The fourth-order valence-electron chi connectivity index (χ4n) is 2.63. The fourth-order valence-corrected chi connectivity index (χ4v) is 6.53. The van der Waals surface area contributed by atoms with E-state index in [2.05, 4.69) is 79.9 Å². The number of rotatable bonds is 14. The van der Waals surface area contributed by atoms with E-state index in [1.807, 2.05) is 0 Å². The highest BCUT2D eigenvalue weighted by atomic mass is 127. The number of carbonyl (C=O) groups is 1. The van der Waals surface area contributed by atoms with Gasteiger partial charge in [0.05, 0.1) is 13.7 Å². The number of halogens is 3. The molecule has 0 heterocycles. The van der Waals surface area contributed by atoms with Crippen molar-refractivity contribution in [2.75, 3.05) is 6.61 Å². The summed E-state index contributed by atoms with van der Waals surface area (Å²) in [6, 6.07) is 4.31. The maximum absolute atomic E-state index is 10.4. The minimum absolute atomic E-state index is 0.322. The van der Waals surface area contributed by atoms with Crippen molar-refractivity contribution in [1.82, 2.24) is 0 Å². The van der Waals surface area contributed by atoms with Gasteiger partial charge in [-0.3, -0.25) is 4.79 Å². The van der Waals surface area contributed by atoms with Crippen LogP contribution in [0.2, 0.25) is 0 Å². The largest absolute Gasteiger partial charge is 0.491 e. The fraction of sp³-hybridized carbons (Fsp3) is 0.632. The molecule has 0 aliphatic heterocycles. The first-order valence-corrected chi connectivity index (χ1v) is 12.2. The first-order chi connectivity index (χ1) is 12.0. The second kappa shape index (κ2) is 14.7. The molecule has 1 N–H and O–H groups in total. The molecule has 6 heteroatoms. The van der Waals surface area contributed by atoms with Gasteiger partial charge in [-0.2, -0.15) is 0 Å². The normalized spacial score (nSPS) is 10.8. The second-order valence-corrected chi connectivity index (χ2v) is 9.80. The monoisotopic (exact) mass is 684 g/mol. The Labute approximate surface area is 192 Å². The summed E-state index contributed by atoms with van der Waals surface area (Å²) in [5.74, 6) is 0.361. The Bertz CT molecular complexity index is 498. The summed E-state index contributed by atoms with van der Waals surface area (Å²) in [4.78, 5) is 10.4. The van der Waals surface area contributed by atoms with E-state index in [0.717, 1.165) is 31.6 Å². The average molecular weight is 684 g/mol. The summed E-state index contributed by atoms with van der Waals surface area (Å²) in [6.07, 6.45) is 12.1. The first kappa shape index (κ1) is 23.7. The average Bonchev–Trinajstić information content (AvgIpc) is 2.53. The van der Waals surface area contributed by atoms with Crippen molar-refractivity contribution in [3.05, 3.63) is 22.8 Å². The summed E-state index contributed by atoms with van der Waals surface area (Å²) < 4.78 is 9.60. The lowest BCUT2D eigenvalue weighted by molar-refractivity contribution is -0.137. The molecule has 0 aliphatic carbocycles. The molecule has 142 valence electrons. The highest BCUT2D eigenvalue weighted by Gasteiger charge is 2.07. The molecule has 1 aromatic carbocycles. The lowest BCUT2D eigenvalue weighted by Gasteiger charge is -2.11. The van der Waals surface area contributed by atoms with Crippen LogP contribution >= 0.6 is 67.8 Å². The summed E-state index contributed by atoms with van der Waals surface area (Å²) >= 11 is 7.03. The van der Waals surface area contributed by atoms with Gasteiger partial charge in [0.1, 0.15) is 5.75 Å². The van der Waals surface area contributed by atoms with Crippen LogP contribution in [-0.2, 0) is 4.79 Å². The molecule has 1 rings (SSSR count). The van der Waals surface area contributed by atoms with Gasteiger partial charge in [0.15, 0.2) is 0 Å². The highest BCUT2D eigenvalue weighted by molar-refractivity contribution is 14.1. The Morgan fingerprint density at radius 2 is 1.24 bits per heavy atom. The van der Waals surface area contributed by atoms with Crippen LogP contribution in [0.15, 0.2) is 12.1 Å². The van der Waals surface area contributed by atoms with Crippen LogP contribution in [0.4, 0.5) is 0 Å². The van der Waals surface area contributed by atoms with Crippen LogP contribution in [0.3, 0.4) is 0 Å². The zero-order valence-electron chi connectivity index (χ0n) is 14.5. The molecule has 0 spiro atoms. The number of hydrogen-bond donors (Lipinski definition) is 1. The van der Waals surface area contributed by atoms with Gasteiger partial charge in [-0.1, -0.05) is 51.4 Å². The van der Waals surface area contributed by atoms with Crippen LogP contribution < -0.4 is 4.74 Å². The Hall–Kier alpha value is 0.680. The van der Waals surface area contributed by atoms with Crippen molar-refractivity contribution in [1.29, 1.82) is 0 Å². The molecule has 3 nitrogen and oxygen atoms in total. The third-order valence-electron chi connectivity index (χ3n) is 3.99. The van der Waals surface area contributed by atoms with Crippen LogP contribution in [0.5, 0.6) is 5.75 Å². The lowest BCUT2D eigenvalue weighted by atomic mass is 10.1. The molecule has 0 radical (unpaired) electrons. The van der Waals surface area contributed by atoms with Gasteiger partial charge in [0.25, 0.3) is 0 Å². The van der Waals surface area contributed by atoms with E-state index >= 15 is 0 Å². The summed E-state index contributed by atoms with van der Waals surface area (Å²) in [7, 11) is 0. The molecule has 0 aliphatic rings. The van der Waals surface area contributed by atoms with E-state index in [1.165, 1.54) is 55.7 Å². The number of aliphatic carboxylic acids is 1. The lowest BCUT2D eigenvalue weighted by Crippen LogP contribution is -2.01. The van der Waals surface area contributed by atoms with E-state index < -0.39 is 5.97 Å². The van der Waals surface area contributed by atoms with Gasteiger partial charge in [-0.15, -0.1) is 0 Å². The minimum Gasteiger partial charge on any atom is -0.491 e. The molecule has 0 saturated heterocycles. The highest BCUT2D eigenvalue weighted by Crippen LogP contribution is 2.29. The van der Waals surface area contributed by atoms with Gasteiger partial charge in [0.2, 0.25) is 0 Å². The number of ether oxygens (including phenoxy) is 1. The molecule has 0 bridgehead atoms. The van der Waals surface area contributed by atoms with Crippen molar-refractivity contribution >= 4 is 73.7 Å². The predicted molar refractivity (Wildman–Crippen MR) is 129 cm³/mol. The van der Waals surface area contributed by atoms with Gasteiger partial charge in [0, 0.05) is 9.99 Å². The number of unbranched alkanes of at least 4 members (excludes halogenated alkanes) is 9. The molecule has 0 atom stereocenters. The van der Waals surface area contributed by atoms with Crippen molar-refractivity contribution in [2.45, 2.75) is 70.6 Å². The molecular weight excluding hydrogens is 657 g/mol. The molecule has 0 amide bonds. The Kier molecular flexibility index (Phi) is 13.9. The molecule has 1 aromatic rings. The van der Waals surface area contributed by atoms with Crippen LogP contribution in [0.25, 0.3) is 0 Å². The van der Waals surface area contributed by atoms with Crippen LogP contribution in [0, 0.1) is 10.7 Å². The molecule has 0 fully saturated rings. The van der Waals surface area contributed by atoms with Crippen molar-refractivity contribution < 1.29 is 14.6 Å².